The molecule has 0 unspecified atom stereocenters. The molecule has 0 fully saturated rings. The molecule has 4 rings (SSSR count). The van der Waals surface area contributed by atoms with Gasteiger partial charge in [0, 0.05) is 31.1 Å². The third kappa shape index (κ3) is 11.8. The van der Waals surface area contributed by atoms with Gasteiger partial charge in [0.2, 0.25) is 17.7 Å². The number of likely N-dealkylation sites (N-methyl/N-ethyl adjacent to an activating group) is 1. The molecule has 0 aromatic heterocycles. The van der Waals surface area contributed by atoms with Crippen LogP contribution in [-0.2, 0) is 46.4 Å². The normalized spacial score (nSPS) is 17.3. The van der Waals surface area contributed by atoms with Crippen molar-refractivity contribution in [3.8, 4) is 22.6 Å². The first-order chi connectivity index (χ1) is 27.0. The van der Waals surface area contributed by atoms with Crippen molar-refractivity contribution < 1.29 is 52.5 Å². The highest BCUT2D eigenvalue weighted by Gasteiger charge is 2.36. The van der Waals surface area contributed by atoms with Crippen molar-refractivity contribution in [3.05, 3.63) is 83.4 Å². The van der Waals surface area contributed by atoms with Gasteiger partial charge in [0.05, 0.1) is 21.3 Å². The summed E-state index contributed by atoms with van der Waals surface area (Å²) in [5, 5.41) is 10.5. The second-order valence-electron chi connectivity index (χ2n) is 14.3. The van der Waals surface area contributed by atoms with Gasteiger partial charge >= 0.3 is 18.2 Å². The molecule has 0 aliphatic carbocycles. The molecule has 5 amide bonds. The Labute approximate surface area is 331 Å². The Hall–Kier alpha value is -6.32. The number of benzene rings is 3. The maximum Gasteiger partial charge on any atom is 0.408 e. The number of rotatable bonds is 11. The molecular formula is C41H51N5O11. The van der Waals surface area contributed by atoms with Crippen molar-refractivity contribution in [2.24, 2.45) is 0 Å². The van der Waals surface area contributed by atoms with E-state index in [1.54, 1.807) is 81.4 Å². The lowest BCUT2D eigenvalue weighted by atomic mass is 9.93. The first-order valence-electron chi connectivity index (χ1n) is 18.3. The molecule has 57 heavy (non-hydrogen) atoms. The van der Waals surface area contributed by atoms with Gasteiger partial charge in [0.15, 0.2) is 0 Å². The van der Waals surface area contributed by atoms with Crippen LogP contribution in [0, 0.1) is 0 Å². The molecule has 0 radical (unpaired) electrons. The van der Waals surface area contributed by atoms with E-state index in [-0.39, 0.29) is 26.0 Å². The number of carbonyl (C=O) groups is 6. The van der Waals surface area contributed by atoms with E-state index in [4.69, 9.17) is 23.7 Å². The van der Waals surface area contributed by atoms with Crippen LogP contribution in [0.2, 0.25) is 0 Å². The Morgan fingerprint density at radius 1 is 0.860 bits per heavy atom. The molecule has 0 saturated carbocycles. The largest absolute Gasteiger partial charge is 0.496 e. The van der Waals surface area contributed by atoms with Gasteiger partial charge in [-0.2, -0.15) is 0 Å². The molecular weight excluding hydrogens is 738 g/mol. The lowest BCUT2D eigenvalue weighted by molar-refractivity contribution is -0.145. The Morgan fingerprint density at radius 2 is 1.51 bits per heavy atom. The molecule has 0 spiro atoms. The fourth-order valence-electron chi connectivity index (χ4n) is 6.15. The maximum atomic E-state index is 14.5. The maximum absolute atomic E-state index is 14.5. The quantitative estimate of drug-likeness (QED) is 0.163. The fourth-order valence-corrected chi connectivity index (χ4v) is 6.15. The lowest BCUT2D eigenvalue weighted by Crippen LogP contribution is -2.55. The number of hydrogen-bond acceptors (Lipinski definition) is 11. The molecule has 1 aliphatic heterocycles. The summed E-state index contributed by atoms with van der Waals surface area (Å²) in [5.41, 5.74) is 1.94. The molecule has 1 aliphatic rings. The second-order valence-corrected chi connectivity index (χ2v) is 14.3. The van der Waals surface area contributed by atoms with Gasteiger partial charge in [-0.05, 0) is 75.1 Å². The molecule has 3 aromatic rings. The summed E-state index contributed by atoms with van der Waals surface area (Å²) in [5.74, 6) is -2.00. The van der Waals surface area contributed by atoms with Crippen LogP contribution in [0.3, 0.4) is 0 Å². The highest BCUT2D eigenvalue weighted by atomic mass is 16.6. The standard InChI is InChI=1S/C41H51N5O11/c1-24-35(47)44-31(38(50)55-8)21-26-14-16-32(53-6)28(20-26)29-22-27(15-17-33(29)54-7)34(36(48)43-24)46(5)37(49)30(18-19-42-39(51)57-41(2,3)4)45-40(52)56-23-25-12-10-9-11-13-25/h9-17,20,22,24,30-31,34H,18-19,21,23H2,1-8H3,(H,42,51)(H,43,48)(H,44,47)(H,45,52)/t24-,30-,31-,34-/m0/s1. The average Bonchev–Trinajstić information content (AvgIpc) is 3.18. The number of carbonyl (C=O) groups excluding carboxylic acids is 6. The number of ether oxygens (including phenoxy) is 5. The summed E-state index contributed by atoms with van der Waals surface area (Å²) in [6.07, 6.45) is -1.71. The number of hydrogen-bond donors (Lipinski definition) is 4. The number of esters is 1. The summed E-state index contributed by atoms with van der Waals surface area (Å²) in [7, 11) is 5.56. The van der Waals surface area contributed by atoms with Gasteiger partial charge in [-0.25, -0.2) is 14.4 Å². The Kier molecular flexibility index (Phi) is 14.9. The number of alkyl carbamates (subject to hydrolysis) is 2. The van der Waals surface area contributed by atoms with Crippen molar-refractivity contribution in [1.82, 2.24) is 26.2 Å². The van der Waals surface area contributed by atoms with E-state index in [1.165, 1.54) is 35.3 Å². The van der Waals surface area contributed by atoms with Gasteiger partial charge in [-0.1, -0.05) is 42.5 Å². The average molecular weight is 790 g/mol. The minimum atomic E-state index is -1.39. The van der Waals surface area contributed by atoms with Gasteiger partial charge in [0.1, 0.15) is 47.9 Å². The Bertz CT molecular complexity index is 1930. The Morgan fingerprint density at radius 3 is 2.14 bits per heavy atom. The molecule has 306 valence electrons. The zero-order chi connectivity index (χ0) is 41.9. The second kappa shape index (κ2) is 19.5. The van der Waals surface area contributed by atoms with E-state index in [0.717, 1.165) is 4.90 Å². The van der Waals surface area contributed by atoms with Crippen molar-refractivity contribution in [3.63, 3.8) is 0 Å². The lowest BCUT2D eigenvalue weighted by Gasteiger charge is -2.32. The van der Waals surface area contributed by atoms with Crippen LogP contribution < -0.4 is 30.7 Å². The molecule has 4 bridgehead atoms. The van der Waals surface area contributed by atoms with Crippen molar-refractivity contribution >= 4 is 35.9 Å². The number of fused-ring (bicyclic) bond motifs is 5. The SMILES string of the molecule is COC(=O)[C@@H]1Cc2ccc(OC)c(c2)-c2cc(ccc2OC)[C@H](N(C)C(=O)[C@H](CCNC(=O)OC(C)(C)C)NC(=O)OCc2ccccc2)C(=O)N[C@@H](C)C(=O)N1. The Balaban J connectivity index is 1.77. The summed E-state index contributed by atoms with van der Waals surface area (Å²) >= 11 is 0. The predicted molar refractivity (Wildman–Crippen MR) is 208 cm³/mol. The molecule has 3 aromatic carbocycles. The highest BCUT2D eigenvalue weighted by molar-refractivity contribution is 5.95. The number of nitrogens with zero attached hydrogens (tertiary/aromatic N) is 1. The van der Waals surface area contributed by atoms with Crippen molar-refractivity contribution in [1.29, 1.82) is 0 Å². The van der Waals surface area contributed by atoms with Crippen LogP contribution in [0.1, 0.15) is 56.8 Å². The minimum absolute atomic E-state index is 0.0584. The topological polar surface area (TPSA) is 200 Å². The summed E-state index contributed by atoms with van der Waals surface area (Å²) in [6, 6.07) is 14.1. The van der Waals surface area contributed by atoms with Gasteiger partial charge in [-0.15, -0.1) is 0 Å². The first-order valence-corrected chi connectivity index (χ1v) is 18.3. The first kappa shape index (κ1) is 43.4. The van der Waals surface area contributed by atoms with Crippen LogP contribution in [0.15, 0.2) is 66.7 Å². The fraction of sp³-hybridized carbons (Fsp3) is 0.415. The molecule has 4 N–H and O–H groups in total. The predicted octanol–water partition coefficient (Wildman–Crippen LogP) is 3.80. The zero-order valence-electron chi connectivity index (χ0n) is 33.4. The van der Waals surface area contributed by atoms with Crippen LogP contribution in [-0.4, -0.2) is 99.4 Å². The molecule has 16 nitrogen and oxygen atoms in total. The molecule has 1 heterocycles. The van der Waals surface area contributed by atoms with E-state index < -0.39 is 65.6 Å². The number of amides is 5. The highest BCUT2D eigenvalue weighted by Crippen LogP contribution is 2.39. The summed E-state index contributed by atoms with van der Waals surface area (Å²) in [6.45, 7) is 6.36. The van der Waals surface area contributed by atoms with Crippen LogP contribution in [0.4, 0.5) is 9.59 Å². The van der Waals surface area contributed by atoms with Crippen molar-refractivity contribution in [2.45, 2.75) is 76.9 Å². The third-order valence-corrected chi connectivity index (χ3v) is 8.97. The van der Waals surface area contributed by atoms with Crippen molar-refractivity contribution in [2.75, 3.05) is 34.9 Å². The molecule has 16 heteroatoms. The third-order valence-electron chi connectivity index (χ3n) is 8.97. The monoisotopic (exact) mass is 789 g/mol. The minimum Gasteiger partial charge on any atom is -0.496 e. The van der Waals surface area contributed by atoms with E-state index in [1.807, 2.05) is 6.07 Å². The molecule has 0 saturated heterocycles. The summed E-state index contributed by atoms with van der Waals surface area (Å²) in [4.78, 5) is 81.9. The van der Waals surface area contributed by atoms with Crippen LogP contribution in [0.25, 0.3) is 11.1 Å². The number of methoxy groups -OCH3 is 3. The molecule has 4 atom stereocenters. The van der Waals surface area contributed by atoms with Crippen LogP contribution >= 0.6 is 0 Å². The van der Waals surface area contributed by atoms with E-state index in [0.29, 0.717) is 39.3 Å². The van der Waals surface area contributed by atoms with Gasteiger partial charge < -0.3 is 49.9 Å². The van der Waals surface area contributed by atoms with E-state index in [2.05, 4.69) is 21.3 Å². The summed E-state index contributed by atoms with van der Waals surface area (Å²) < 4.78 is 27.1. The smallest absolute Gasteiger partial charge is 0.408 e. The van der Waals surface area contributed by atoms with Crippen LogP contribution in [0.5, 0.6) is 11.5 Å². The van der Waals surface area contributed by atoms with Gasteiger partial charge in [0.25, 0.3) is 0 Å². The van der Waals surface area contributed by atoms with E-state index in [9.17, 15) is 28.8 Å². The van der Waals surface area contributed by atoms with Gasteiger partial charge in [-0.3, -0.25) is 14.4 Å². The number of nitrogens with one attached hydrogen (secondary N) is 4. The zero-order valence-corrected chi connectivity index (χ0v) is 33.4. The van der Waals surface area contributed by atoms with E-state index >= 15 is 0 Å².